The number of aromatic amines is 1. The predicted octanol–water partition coefficient (Wildman–Crippen LogP) is 1.88. The van der Waals surface area contributed by atoms with Crippen LogP contribution in [-0.2, 0) is 0 Å². The fourth-order valence-electron chi connectivity index (χ4n) is 2.44. The molecule has 1 atom stereocenters. The zero-order valence-electron chi connectivity index (χ0n) is 10.3. The molecule has 1 aromatic rings. The highest BCUT2D eigenvalue weighted by Gasteiger charge is 2.25. The van der Waals surface area contributed by atoms with Crippen LogP contribution in [0.25, 0.3) is 0 Å². The van der Waals surface area contributed by atoms with Gasteiger partial charge in [0.1, 0.15) is 0 Å². The van der Waals surface area contributed by atoms with E-state index >= 15 is 0 Å². The number of aryl methyl sites for hydroxylation is 1. The summed E-state index contributed by atoms with van der Waals surface area (Å²) < 4.78 is 0. The second-order valence-electron chi connectivity index (χ2n) is 5.03. The summed E-state index contributed by atoms with van der Waals surface area (Å²) in [6.07, 6.45) is 1.15. The highest BCUT2D eigenvalue weighted by Crippen LogP contribution is 2.26. The molecule has 0 bridgehead atoms. The van der Waals surface area contributed by atoms with Gasteiger partial charge in [-0.15, -0.1) is 0 Å². The third-order valence-corrected chi connectivity index (χ3v) is 3.39. The van der Waals surface area contributed by atoms with Gasteiger partial charge in [-0.2, -0.15) is 0 Å². The number of H-pyrrole nitrogens is 1. The Hall–Kier alpha value is -1.09. The van der Waals surface area contributed by atoms with Gasteiger partial charge in [-0.1, -0.05) is 0 Å². The SMILES string of the molecule is Cc1cc(=O)cc([C@@H]2CCN(C(C)C)C2)[nH]1. The average Bonchev–Trinajstić information content (AvgIpc) is 2.64. The van der Waals surface area contributed by atoms with Crippen LogP contribution in [0.2, 0.25) is 0 Å². The lowest BCUT2D eigenvalue weighted by Gasteiger charge is -2.20. The molecule has 2 heterocycles. The van der Waals surface area contributed by atoms with Gasteiger partial charge in [-0.05, 0) is 33.7 Å². The molecule has 0 aromatic carbocycles. The van der Waals surface area contributed by atoms with Gasteiger partial charge in [0, 0.05) is 42.0 Å². The van der Waals surface area contributed by atoms with E-state index in [4.69, 9.17) is 0 Å². The third kappa shape index (κ3) is 2.35. The molecule has 0 amide bonds. The highest BCUT2D eigenvalue weighted by molar-refractivity contribution is 5.16. The molecule has 1 N–H and O–H groups in total. The summed E-state index contributed by atoms with van der Waals surface area (Å²) in [5.41, 5.74) is 2.19. The van der Waals surface area contributed by atoms with Gasteiger partial charge >= 0.3 is 0 Å². The van der Waals surface area contributed by atoms with Crippen molar-refractivity contribution in [3.63, 3.8) is 0 Å². The van der Waals surface area contributed by atoms with Crippen LogP contribution in [0.3, 0.4) is 0 Å². The van der Waals surface area contributed by atoms with E-state index < -0.39 is 0 Å². The van der Waals surface area contributed by atoms with Crippen molar-refractivity contribution in [3.05, 3.63) is 33.7 Å². The lowest BCUT2D eigenvalue weighted by atomic mass is 10.0. The first-order valence-corrected chi connectivity index (χ1v) is 6.01. The van der Waals surface area contributed by atoms with Gasteiger partial charge in [-0.3, -0.25) is 4.79 Å². The first-order valence-electron chi connectivity index (χ1n) is 6.01. The van der Waals surface area contributed by atoms with E-state index in [0.717, 1.165) is 30.9 Å². The molecular weight excluding hydrogens is 200 g/mol. The van der Waals surface area contributed by atoms with Gasteiger partial charge in [-0.25, -0.2) is 0 Å². The number of pyridine rings is 1. The Labute approximate surface area is 96.5 Å². The standard InChI is InChI=1S/C13H20N2O/c1-9(2)15-5-4-11(8-15)13-7-12(16)6-10(3)14-13/h6-7,9,11H,4-5,8H2,1-3H3,(H,14,16)/t11-/m1/s1. The summed E-state index contributed by atoms with van der Waals surface area (Å²) in [4.78, 5) is 17.2. The molecule has 1 saturated heterocycles. The molecule has 16 heavy (non-hydrogen) atoms. The fraction of sp³-hybridized carbons (Fsp3) is 0.615. The Morgan fingerprint density at radius 1 is 1.44 bits per heavy atom. The first-order chi connectivity index (χ1) is 7.56. The van der Waals surface area contributed by atoms with Crippen LogP contribution < -0.4 is 5.43 Å². The van der Waals surface area contributed by atoms with Gasteiger partial charge in [0.05, 0.1) is 0 Å². The van der Waals surface area contributed by atoms with Crippen molar-refractivity contribution in [2.45, 2.75) is 39.2 Å². The molecule has 0 saturated carbocycles. The molecule has 2 rings (SSSR count). The molecule has 1 fully saturated rings. The maximum absolute atomic E-state index is 11.4. The predicted molar refractivity (Wildman–Crippen MR) is 65.9 cm³/mol. The molecule has 1 aliphatic heterocycles. The fourth-order valence-corrected chi connectivity index (χ4v) is 2.44. The van der Waals surface area contributed by atoms with E-state index in [2.05, 4.69) is 23.7 Å². The topological polar surface area (TPSA) is 36.1 Å². The van der Waals surface area contributed by atoms with E-state index in [0.29, 0.717) is 12.0 Å². The summed E-state index contributed by atoms with van der Waals surface area (Å²) in [7, 11) is 0. The van der Waals surface area contributed by atoms with Crippen molar-refractivity contribution in [3.8, 4) is 0 Å². The van der Waals surface area contributed by atoms with Gasteiger partial charge in [0.2, 0.25) is 0 Å². The van der Waals surface area contributed by atoms with E-state index in [9.17, 15) is 4.79 Å². The van der Waals surface area contributed by atoms with Crippen molar-refractivity contribution < 1.29 is 0 Å². The zero-order chi connectivity index (χ0) is 11.7. The molecule has 3 nitrogen and oxygen atoms in total. The van der Waals surface area contributed by atoms with Crippen LogP contribution in [0.15, 0.2) is 16.9 Å². The second-order valence-corrected chi connectivity index (χ2v) is 5.03. The smallest absolute Gasteiger partial charge is 0.182 e. The lowest BCUT2D eigenvalue weighted by Crippen LogP contribution is -2.28. The van der Waals surface area contributed by atoms with Crippen LogP contribution in [0.4, 0.5) is 0 Å². The Bertz CT molecular complexity index is 422. The van der Waals surface area contributed by atoms with Crippen molar-refractivity contribution in [1.29, 1.82) is 0 Å². The van der Waals surface area contributed by atoms with E-state index in [1.54, 1.807) is 12.1 Å². The summed E-state index contributed by atoms with van der Waals surface area (Å²) in [5, 5.41) is 0. The number of rotatable bonds is 2. The van der Waals surface area contributed by atoms with Crippen molar-refractivity contribution >= 4 is 0 Å². The largest absolute Gasteiger partial charge is 0.362 e. The molecule has 0 aliphatic carbocycles. The highest BCUT2D eigenvalue weighted by atomic mass is 16.1. The summed E-state index contributed by atoms with van der Waals surface area (Å²) in [5.74, 6) is 0.495. The molecule has 0 radical (unpaired) electrons. The average molecular weight is 220 g/mol. The monoisotopic (exact) mass is 220 g/mol. The second kappa shape index (κ2) is 4.42. The lowest BCUT2D eigenvalue weighted by molar-refractivity contribution is 0.272. The van der Waals surface area contributed by atoms with Crippen molar-refractivity contribution in [1.82, 2.24) is 9.88 Å². The summed E-state index contributed by atoms with van der Waals surface area (Å²) in [6.45, 7) is 8.60. The van der Waals surface area contributed by atoms with Crippen molar-refractivity contribution in [2.24, 2.45) is 0 Å². The summed E-state index contributed by atoms with van der Waals surface area (Å²) >= 11 is 0. The Balaban J connectivity index is 2.17. The Kier molecular flexibility index (Phi) is 3.15. The van der Waals surface area contributed by atoms with Crippen LogP contribution in [0.1, 0.15) is 37.6 Å². The molecular formula is C13H20N2O. The number of nitrogens with zero attached hydrogens (tertiary/aromatic N) is 1. The Morgan fingerprint density at radius 2 is 2.19 bits per heavy atom. The molecule has 1 aromatic heterocycles. The third-order valence-electron chi connectivity index (χ3n) is 3.39. The minimum atomic E-state index is 0.120. The zero-order valence-corrected chi connectivity index (χ0v) is 10.3. The number of hydrogen-bond donors (Lipinski definition) is 1. The normalized spacial score (nSPS) is 21.9. The number of aromatic nitrogens is 1. The molecule has 88 valence electrons. The molecule has 0 spiro atoms. The van der Waals surface area contributed by atoms with Gasteiger partial charge in [0.15, 0.2) is 5.43 Å². The molecule has 1 aliphatic rings. The molecule has 0 unspecified atom stereocenters. The van der Waals surface area contributed by atoms with E-state index in [-0.39, 0.29) is 5.43 Å². The van der Waals surface area contributed by atoms with Crippen LogP contribution in [-0.4, -0.2) is 29.0 Å². The van der Waals surface area contributed by atoms with Crippen LogP contribution >= 0.6 is 0 Å². The minimum absolute atomic E-state index is 0.120. The molecule has 3 heteroatoms. The number of nitrogens with one attached hydrogen (secondary N) is 1. The van der Waals surface area contributed by atoms with Crippen LogP contribution in [0.5, 0.6) is 0 Å². The quantitative estimate of drug-likeness (QED) is 0.826. The number of likely N-dealkylation sites (tertiary alicyclic amines) is 1. The van der Waals surface area contributed by atoms with E-state index in [1.165, 1.54) is 0 Å². The maximum Gasteiger partial charge on any atom is 0.182 e. The summed E-state index contributed by atoms with van der Waals surface area (Å²) in [6, 6.07) is 4.00. The number of hydrogen-bond acceptors (Lipinski definition) is 2. The van der Waals surface area contributed by atoms with E-state index in [1.807, 2.05) is 6.92 Å². The van der Waals surface area contributed by atoms with Crippen molar-refractivity contribution in [2.75, 3.05) is 13.1 Å². The Morgan fingerprint density at radius 3 is 2.75 bits per heavy atom. The first kappa shape index (κ1) is 11.4. The minimum Gasteiger partial charge on any atom is -0.362 e. The van der Waals surface area contributed by atoms with Gasteiger partial charge < -0.3 is 9.88 Å². The maximum atomic E-state index is 11.4. The van der Waals surface area contributed by atoms with Gasteiger partial charge in [0.25, 0.3) is 0 Å². The van der Waals surface area contributed by atoms with Crippen LogP contribution in [0, 0.1) is 6.92 Å².